The highest BCUT2D eigenvalue weighted by Gasteiger charge is 2.18. The van der Waals surface area contributed by atoms with E-state index in [4.69, 9.17) is 21.3 Å². The molecule has 0 unspecified atom stereocenters. The zero-order valence-electron chi connectivity index (χ0n) is 16.3. The topological polar surface area (TPSA) is 54.7 Å². The van der Waals surface area contributed by atoms with Gasteiger partial charge in [-0.15, -0.1) is 0 Å². The van der Waals surface area contributed by atoms with Crippen molar-refractivity contribution in [2.75, 3.05) is 30.4 Å². The van der Waals surface area contributed by atoms with Crippen LogP contribution in [0.1, 0.15) is 32.3 Å². The molecule has 6 nitrogen and oxygen atoms in total. The number of fused-ring (bicyclic) bond motifs is 1. The summed E-state index contributed by atoms with van der Waals surface area (Å²) in [6, 6.07) is 5.56. The molecular weight excluding hydrogens is 362 g/mol. The lowest BCUT2D eigenvalue weighted by Crippen LogP contribution is -2.28. The molecule has 1 N–H and O–H groups in total. The second-order valence-corrected chi connectivity index (χ2v) is 6.87. The number of hydrogen-bond donors (Lipinski definition) is 1. The summed E-state index contributed by atoms with van der Waals surface area (Å²) >= 11 is 6.41. The molecule has 0 saturated carbocycles. The molecule has 7 heteroatoms. The second-order valence-electron chi connectivity index (χ2n) is 6.46. The maximum Gasteiger partial charge on any atom is 0.237 e. The highest BCUT2D eigenvalue weighted by atomic mass is 35.5. The van der Waals surface area contributed by atoms with Gasteiger partial charge in [-0.3, -0.25) is 4.40 Å². The summed E-state index contributed by atoms with van der Waals surface area (Å²) in [5.74, 6) is 3.26. The van der Waals surface area contributed by atoms with E-state index in [0.717, 1.165) is 54.6 Å². The van der Waals surface area contributed by atoms with Gasteiger partial charge in [0.2, 0.25) is 5.78 Å². The first-order valence-corrected chi connectivity index (χ1v) is 9.66. The van der Waals surface area contributed by atoms with Crippen LogP contribution in [0.2, 0.25) is 5.02 Å². The van der Waals surface area contributed by atoms with Crippen molar-refractivity contribution in [3.63, 3.8) is 0 Å². The van der Waals surface area contributed by atoms with Gasteiger partial charge in [-0.1, -0.05) is 25.4 Å². The molecule has 0 spiro atoms. The predicted molar refractivity (Wildman–Crippen MR) is 112 cm³/mol. The predicted octanol–water partition coefficient (Wildman–Crippen LogP) is 5.07. The highest BCUT2D eigenvalue weighted by Crippen LogP contribution is 2.33. The second kappa shape index (κ2) is 8.48. The van der Waals surface area contributed by atoms with E-state index in [1.165, 1.54) is 0 Å². The number of benzene rings is 1. The number of hydrogen-bond acceptors (Lipinski definition) is 5. The van der Waals surface area contributed by atoms with E-state index < -0.39 is 0 Å². The number of rotatable bonds is 8. The van der Waals surface area contributed by atoms with E-state index in [1.54, 1.807) is 19.4 Å². The lowest BCUT2D eigenvalue weighted by Gasteiger charge is -2.27. The normalized spacial score (nSPS) is 11.0. The van der Waals surface area contributed by atoms with Gasteiger partial charge in [0.25, 0.3) is 0 Å². The van der Waals surface area contributed by atoms with Crippen LogP contribution in [0, 0.1) is 6.92 Å². The van der Waals surface area contributed by atoms with Crippen molar-refractivity contribution in [2.45, 2.75) is 33.6 Å². The molecule has 0 fully saturated rings. The summed E-state index contributed by atoms with van der Waals surface area (Å²) in [4.78, 5) is 11.5. The molecule has 0 aliphatic carbocycles. The molecule has 3 aromatic rings. The van der Waals surface area contributed by atoms with Crippen LogP contribution >= 0.6 is 11.6 Å². The number of aromatic nitrogens is 3. The Morgan fingerprint density at radius 1 is 1.22 bits per heavy atom. The fourth-order valence-corrected chi connectivity index (χ4v) is 3.46. The zero-order valence-corrected chi connectivity index (χ0v) is 17.0. The fraction of sp³-hybridized carbons (Fsp3) is 0.400. The van der Waals surface area contributed by atoms with E-state index in [0.29, 0.717) is 10.8 Å². The van der Waals surface area contributed by atoms with E-state index in [9.17, 15) is 0 Å². The SMILES string of the molecule is CCCN(CCC)c1c(C)c(Nc2ccc(OC)cc2Cl)nc2nccn12. The van der Waals surface area contributed by atoms with Gasteiger partial charge in [-0.05, 0) is 31.9 Å². The summed E-state index contributed by atoms with van der Waals surface area (Å²) in [5.41, 5.74) is 1.85. The first kappa shape index (κ1) is 19.3. The van der Waals surface area contributed by atoms with Gasteiger partial charge in [0, 0.05) is 37.1 Å². The molecule has 0 amide bonds. The average Bonchev–Trinajstić information content (AvgIpc) is 3.11. The minimum Gasteiger partial charge on any atom is -0.497 e. The van der Waals surface area contributed by atoms with Crippen LogP contribution in [0.15, 0.2) is 30.6 Å². The number of anilines is 3. The Morgan fingerprint density at radius 2 is 1.96 bits per heavy atom. The Bertz CT molecular complexity index is 918. The Labute approximate surface area is 165 Å². The molecule has 144 valence electrons. The van der Waals surface area contributed by atoms with Crippen LogP contribution < -0.4 is 15.0 Å². The maximum absolute atomic E-state index is 6.41. The van der Waals surface area contributed by atoms with Crippen LogP contribution in [0.5, 0.6) is 5.75 Å². The number of halogens is 1. The molecule has 2 aromatic heterocycles. The number of methoxy groups -OCH3 is 1. The third kappa shape index (κ3) is 3.95. The Hall–Kier alpha value is -2.47. The number of ether oxygens (including phenoxy) is 1. The molecule has 0 atom stereocenters. The summed E-state index contributed by atoms with van der Waals surface area (Å²) in [7, 11) is 1.62. The first-order valence-electron chi connectivity index (χ1n) is 9.28. The third-order valence-corrected chi connectivity index (χ3v) is 4.78. The third-order valence-electron chi connectivity index (χ3n) is 4.47. The Kier molecular flexibility index (Phi) is 6.06. The smallest absolute Gasteiger partial charge is 0.237 e. The molecule has 3 rings (SSSR count). The van der Waals surface area contributed by atoms with Gasteiger partial charge in [-0.2, -0.15) is 4.98 Å². The van der Waals surface area contributed by atoms with Crippen molar-refractivity contribution in [3.8, 4) is 5.75 Å². The summed E-state index contributed by atoms with van der Waals surface area (Å²) in [6.07, 6.45) is 5.90. The maximum atomic E-state index is 6.41. The van der Waals surface area contributed by atoms with Gasteiger partial charge in [0.15, 0.2) is 0 Å². The molecule has 0 aliphatic heterocycles. The zero-order chi connectivity index (χ0) is 19.4. The van der Waals surface area contributed by atoms with E-state index in [2.05, 4.69) is 40.4 Å². The standard InChI is InChI=1S/C20H26ClN5O/c1-5-10-25(11-6-2)19-14(3)18(24-20-22-9-12-26(19)20)23-17-8-7-15(27-4)13-16(17)21/h7-9,12-13H,5-6,10-11H2,1-4H3,(H,22,23,24). The highest BCUT2D eigenvalue weighted by molar-refractivity contribution is 6.33. The van der Waals surface area contributed by atoms with Crippen molar-refractivity contribution in [1.29, 1.82) is 0 Å². The van der Waals surface area contributed by atoms with Gasteiger partial charge in [-0.25, -0.2) is 4.98 Å². The van der Waals surface area contributed by atoms with Gasteiger partial charge in [0.1, 0.15) is 17.4 Å². The lowest BCUT2D eigenvalue weighted by molar-refractivity contribution is 0.415. The van der Waals surface area contributed by atoms with Gasteiger partial charge < -0.3 is 15.0 Å². The largest absolute Gasteiger partial charge is 0.497 e. The van der Waals surface area contributed by atoms with Crippen molar-refractivity contribution < 1.29 is 4.74 Å². The lowest BCUT2D eigenvalue weighted by atomic mass is 10.2. The molecule has 2 heterocycles. The molecule has 0 aliphatic rings. The minimum atomic E-state index is 0.583. The molecular formula is C20H26ClN5O. The fourth-order valence-electron chi connectivity index (χ4n) is 3.24. The minimum absolute atomic E-state index is 0.583. The Morgan fingerprint density at radius 3 is 2.59 bits per heavy atom. The van der Waals surface area contributed by atoms with Crippen molar-refractivity contribution in [1.82, 2.24) is 14.4 Å². The molecule has 0 saturated heterocycles. The number of imidazole rings is 1. The van der Waals surface area contributed by atoms with Crippen molar-refractivity contribution in [2.24, 2.45) is 0 Å². The van der Waals surface area contributed by atoms with E-state index in [-0.39, 0.29) is 0 Å². The Balaban J connectivity index is 2.07. The monoisotopic (exact) mass is 387 g/mol. The van der Waals surface area contributed by atoms with Crippen LogP contribution in [0.4, 0.5) is 17.3 Å². The van der Waals surface area contributed by atoms with Crippen molar-refractivity contribution in [3.05, 3.63) is 41.2 Å². The average molecular weight is 388 g/mol. The van der Waals surface area contributed by atoms with Crippen LogP contribution in [-0.2, 0) is 0 Å². The summed E-state index contributed by atoms with van der Waals surface area (Å²) in [6.45, 7) is 8.43. The number of nitrogens with one attached hydrogen (secondary N) is 1. The first-order chi connectivity index (χ1) is 13.1. The quantitative estimate of drug-likeness (QED) is 0.584. The summed E-state index contributed by atoms with van der Waals surface area (Å²) < 4.78 is 7.28. The van der Waals surface area contributed by atoms with Crippen LogP contribution in [0.3, 0.4) is 0 Å². The van der Waals surface area contributed by atoms with Crippen LogP contribution in [0.25, 0.3) is 5.78 Å². The summed E-state index contributed by atoms with van der Waals surface area (Å²) in [5, 5.41) is 3.96. The molecule has 0 radical (unpaired) electrons. The molecule has 27 heavy (non-hydrogen) atoms. The van der Waals surface area contributed by atoms with Gasteiger partial charge >= 0.3 is 0 Å². The van der Waals surface area contributed by atoms with Crippen LogP contribution in [-0.4, -0.2) is 34.6 Å². The van der Waals surface area contributed by atoms with Gasteiger partial charge in [0.05, 0.1) is 17.8 Å². The molecule has 0 bridgehead atoms. The molecule has 1 aromatic carbocycles. The number of nitrogens with zero attached hydrogens (tertiary/aromatic N) is 4. The van der Waals surface area contributed by atoms with E-state index in [1.807, 2.05) is 18.3 Å². The van der Waals surface area contributed by atoms with Crippen molar-refractivity contribution >= 4 is 34.7 Å². The van der Waals surface area contributed by atoms with E-state index >= 15 is 0 Å².